The van der Waals surface area contributed by atoms with E-state index in [1.165, 1.54) is 43.6 Å². The number of nitrogens with one attached hydrogen (secondary N) is 3. The number of hydrogen-bond donors (Lipinski definition) is 4. The monoisotopic (exact) mass is 439 g/mol. The van der Waals surface area contributed by atoms with Crippen LogP contribution in [0.3, 0.4) is 0 Å². The van der Waals surface area contributed by atoms with Gasteiger partial charge in [0.2, 0.25) is 5.88 Å². The number of halogens is 1. The van der Waals surface area contributed by atoms with Gasteiger partial charge in [0.1, 0.15) is 11.6 Å². The van der Waals surface area contributed by atoms with Crippen molar-refractivity contribution in [3.05, 3.63) is 82.5 Å². The number of amides is 2. The van der Waals surface area contributed by atoms with Crippen LogP contribution in [0, 0.1) is 5.41 Å². The van der Waals surface area contributed by atoms with Crippen LogP contribution in [0.15, 0.2) is 60.8 Å². The maximum absolute atomic E-state index is 12.7. The molecule has 0 saturated carbocycles. The molecular weight excluding hydrogens is 422 g/mol. The quantitative estimate of drug-likeness (QED) is 0.253. The molecule has 0 atom stereocenters. The number of nitrogens with two attached hydrogens (primary N) is 1. The molecule has 0 saturated heterocycles. The molecule has 0 aliphatic rings. The highest BCUT2D eigenvalue weighted by Crippen LogP contribution is 2.23. The number of nitrogens with zero attached hydrogens (tertiary/aromatic N) is 1. The van der Waals surface area contributed by atoms with Gasteiger partial charge in [-0.15, -0.1) is 0 Å². The van der Waals surface area contributed by atoms with Crippen LogP contribution in [-0.2, 0) is 0 Å². The molecule has 3 aromatic rings. The van der Waals surface area contributed by atoms with Crippen LogP contribution in [0.2, 0.25) is 5.02 Å². The predicted octanol–water partition coefficient (Wildman–Crippen LogP) is 3.00. The van der Waals surface area contributed by atoms with Crippen molar-refractivity contribution in [2.24, 2.45) is 5.73 Å². The van der Waals surface area contributed by atoms with Crippen molar-refractivity contribution in [1.29, 1.82) is 5.41 Å². The summed E-state index contributed by atoms with van der Waals surface area (Å²) in [7, 11) is 1.46. The van der Waals surface area contributed by atoms with E-state index < -0.39 is 11.8 Å². The number of carbonyl (C=O) groups excluding carboxylic acids is 2. The van der Waals surface area contributed by atoms with Gasteiger partial charge >= 0.3 is 0 Å². The maximum atomic E-state index is 12.7. The first-order valence-electron chi connectivity index (χ1n) is 8.90. The van der Waals surface area contributed by atoms with E-state index in [-0.39, 0.29) is 23.0 Å². The first-order chi connectivity index (χ1) is 14.9. The Hall–Kier alpha value is -4.11. The first kappa shape index (κ1) is 21.6. The average molecular weight is 440 g/mol. The second kappa shape index (κ2) is 9.59. The van der Waals surface area contributed by atoms with Gasteiger partial charge in [-0.1, -0.05) is 23.7 Å². The lowest BCUT2D eigenvalue weighted by Crippen LogP contribution is -2.28. The van der Waals surface area contributed by atoms with Crippen molar-refractivity contribution in [2.45, 2.75) is 0 Å². The molecule has 10 heteroatoms. The minimum absolute atomic E-state index is 0.101. The lowest BCUT2D eigenvalue weighted by molar-refractivity contribution is 0.0751. The molecule has 0 radical (unpaired) electrons. The highest BCUT2D eigenvalue weighted by Gasteiger charge is 2.17. The second-order valence-corrected chi connectivity index (χ2v) is 6.64. The molecule has 1 heterocycles. The van der Waals surface area contributed by atoms with Crippen LogP contribution in [0.5, 0.6) is 11.6 Å². The number of hydroxylamine groups is 1. The summed E-state index contributed by atoms with van der Waals surface area (Å²) in [4.78, 5) is 34.4. The van der Waals surface area contributed by atoms with Crippen LogP contribution in [0.1, 0.15) is 26.3 Å². The third-order valence-electron chi connectivity index (χ3n) is 4.13. The second-order valence-electron chi connectivity index (χ2n) is 6.20. The number of ether oxygens (including phenoxy) is 1. The molecule has 9 nitrogen and oxygen atoms in total. The van der Waals surface area contributed by atoms with Gasteiger partial charge in [-0.3, -0.25) is 15.0 Å². The molecule has 31 heavy (non-hydrogen) atoms. The molecule has 0 spiro atoms. The number of amidine groups is 1. The fourth-order valence-corrected chi connectivity index (χ4v) is 2.63. The number of carbonyl (C=O) groups is 2. The summed E-state index contributed by atoms with van der Waals surface area (Å²) < 4.78 is 5.17. The average Bonchev–Trinajstić information content (AvgIpc) is 2.78. The predicted molar refractivity (Wildman–Crippen MR) is 116 cm³/mol. The number of benzene rings is 2. The maximum Gasteiger partial charge on any atom is 0.286 e. The summed E-state index contributed by atoms with van der Waals surface area (Å²) in [6, 6.07) is 13.8. The standard InChI is InChI=1S/C21H18ClN5O4/c1-30-15-7-8-17(26-20(28)13-4-2-12(3-5-13)19(23)24)16(10-15)21(29)27-31-18-9-6-14(22)11-25-18/h2-11H,1H3,(H3,23,24)(H,26,28)(H,27,29). The number of pyridine rings is 1. The molecule has 158 valence electrons. The normalized spacial score (nSPS) is 10.1. The number of anilines is 1. The third kappa shape index (κ3) is 5.49. The van der Waals surface area contributed by atoms with Gasteiger partial charge in [-0.25, -0.2) is 4.98 Å². The van der Waals surface area contributed by atoms with Crippen LogP contribution in [0.4, 0.5) is 5.69 Å². The van der Waals surface area contributed by atoms with Crippen molar-refractivity contribution in [1.82, 2.24) is 10.5 Å². The number of aromatic nitrogens is 1. The van der Waals surface area contributed by atoms with Crippen molar-refractivity contribution in [3.8, 4) is 11.6 Å². The highest BCUT2D eigenvalue weighted by atomic mass is 35.5. The van der Waals surface area contributed by atoms with E-state index in [1.807, 2.05) is 0 Å². The van der Waals surface area contributed by atoms with Gasteiger partial charge < -0.3 is 20.6 Å². The number of rotatable bonds is 7. The smallest absolute Gasteiger partial charge is 0.286 e. The Morgan fingerprint density at radius 3 is 2.35 bits per heavy atom. The Kier molecular flexibility index (Phi) is 6.68. The Bertz CT molecular complexity index is 1120. The van der Waals surface area contributed by atoms with Gasteiger partial charge in [0.25, 0.3) is 11.8 Å². The highest BCUT2D eigenvalue weighted by molar-refractivity contribution is 6.30. The number of methoxy groups -OCH3 is 1. The lowest BCUT2D eigenvalue weighted by Gasteiger charge is -2.13. The summed E-state index contributed by atoms with van der Waals surface area (Å²) in [5.74, 6) is -0.626. The van der Waals surface area contributed by atoms with E-state index >= 15 is 0 Å². The molecule has 0 unspecified atom stereocenters. The van der Waals surface area contributed by atoms with Gasteiger partial charge in [-0.2, -0.15) is 5.48 Å². The van der Waals surface area contributed by atoms with E-state index in [0.717, 1.165) is 0 Å². The minimum Gasteiger partial charge on any atom is -0.497 e. The zero-order valence-corrected chi connectivity index (χ0v) is 17.1. The molecule has 1 aromatic heterocycles. The summed E-state index contributed by atoms with van der Waals surface area (Å²) in [6.07, 6.45) is 1.37. The molecule has 3 rings (SSSR count). The Labute approximate surface area is 182 Å². The molecule has 0 fully saturated rings. The molecular formula is C21H18ClN5O4. The third-order valence-corrected chi connectivity index (χ3v) is 4.35. The van der Waals surface area contributed by atoms with E-state index in [4.69, 9.17) is 32.3 Å². The van der Waals surface area contributed by atoms with E-state index in [9.17, 15) is 9.59 Å². The van der Waals surface area contributed by atoms with Gasteiger partial charge in [0, 0.05) is 23.4 Å². The van der Waals surface area contributed by atoms with Gasteiger partial charge in [0.05, 0.1) is 23.4 Å². The molecule has 0 aliphatic heterocycles. The largest absolute Gasteiger partial charge is 0.497 e. The van der Waals surface area contributed by atoms with Crippen molar-refractivity contribution >= 4 is 34.9 Å². The van der Waals surface area contributed by atoms with E-state index in [1.54, 1.807) is 24.3 Å². The van der Waals surface area contributed by atoms with Crippen molar-refractivity contribution in [2.75, 3.05) is 12.4 Å². The fourth-order valence-electron chi connectivity index (χ4n) is 2.52. The van der Waals surface area contributed by atoms with Gasteiger partial charge in [0.15, 0.2) is 0 Å². The summed E-state index contributed by atoms with van der Waals surface area (Å²) >= 11 is 5.77. The summed E-state index contributed by atoms with van der Waals surface area (Å²) in [6.45, 7) is 0. The molecule has 0 aliphatic carbocycles. The summed E-state index contributed by atoms with van der Waals surface area (Å²) in [5.41, 5.74) is 8.87. The van der Waals surface area contributed by atoms with Crippen molar-refractivity contribution in [3.63, 3.8) is 0 Å². The minimum atomic E-state index is -0.627. The van der Waals surface area contributed by atoms with Crippen LogP contribution in [0.25, 0.3) is 0 Å². The Balaban J connectivity index is 1.78. The Morgan fingerprint density at radius 1 is 1.03 bits per heavy atom. The zero-order valence-electron chi connectivity index (χ0n) is 16.3. The molecule has 5 N–H and O–H groups in total. The fraction of sp³-hybridized carbons (Fsp3) is 0.0476. The number of nitrogen functional groups attached to an aromatic ring is 1. The first-order valence-corrected chi connectivity index (χ1v) is 9.28. The van der Waals surface area contributed by atoms with Gasteiger partial charge in [-0.05, 0) is 36.4 Å². The molecule has 2 amide bonds. The van der Waals surface area contributed by atoms with Crippen LogP contribution < -0.4 is 26.1 Å². The van der Waals surface area contributed by atoms with E-state index in [2.05, 4.69) is 15.8 Å². The van der Waals surface area contributed by atoms with E-state index in [0.29, 0.717) is 21.9 Å². The SMILES string of the molecule is COc1ccc(NC(=O)c2ccc(C(=N)N)cc2)c(C(=O)NOc2ccc(Cl)cn2)c1. The van der Waals surface area contributed by atoms with Crippen molar-refractivity contribution < 1.29 is 19.2 Å². The topological polar surface area (TPSA) is 139 Å². The summed E-state index contributed by atoms with van der Waals surface area (Å²) in [5, 5.41) is 10.5. The molecule has 2 aromatic carbocycles. The van der Waals surface area contributed by atoms with Crippen LogP contribution in [-0.4, -0.2) is 29.7 Å². The lowest BCUT2D eigenvalue weighted by atomic mass is 10.1. The van der Waals surface area contributed by atoms with Crippen LogP contribution >= 0.6 is 11.6 Å². The number of hydrogen-bond acceptors (Lipinski definition) is 6. The zero-order chi connectivity index (χ0) is 22.4. The molecule has 0 bridgehead atoms. The Morgan fingerprint density at radius 2 is 1.74 bits per heavy atom.